The number of hydrogen-bond acceptors (Lipinski definition) is 6. The molecule has 5 rings (SSSR count). The monoisotopic (exact) mass is 514 g/mol. The Labute approximate surface area is 217 Å². The van der Waals surface area contributed by atoms with E-state index in [1.54, 1.807) is 36.4 Å². The third-order valence-corrected chi connectivity index (χ3v) is 7.22. The van der Waals surface area contributed by atoms with Crippen LogP contribution in [0, 0.1) is 19.7 Å². The van der Waals surface area contributed by atoms with Crippen LogP contribution < -0.4 is 9.64 Å². The second-order valence-electron chi connectivity index (χ2n) is 8.76. The summed E-state index contributed by atoms with van der Waals surface area (Å²) < 4.78 is 20.0. The molecule has 1 aliphatic heterocycles. The van der Waals surface area contributed by atoms with Crippen LogP contribution in [0.4, 0.5) is 9.52 Å². The molecular weight excluding hydrogens is 491 g/mol. The van der Waals surface area contributed by atoms with Gasteiger partial charge in [0, 0.05) is 5.56 Å². The van der Waals surface area contributed by atoms with Gasteiger partial charge in [-0.15, -0.1) is 0 Å². The van der Waals surface area contributed by atoms with E-state index in [2.05, 4.69) is 11.6 Å². The maximum absolute atomic E-state index is 13.8. The Bertz CT molecular complexity index is 1590. The number of aliphatic hydroxyl groups excluding tert-OH is 1. The molecule has 186 valence electrons. The summed E-state index contributed by atoms with van der Waals surface area (Å²) in [5, 5.41) is 11.7. The standard InChI is InChI=1S/C29H23FN2O4S/c1-4-13-36-20-10-7-18(8-11-20)25-24(26(33)21-14-16(2)5-6-17(21)3)27(34)28(35)32(25)29-31-22-12-9-19(30)15-23(22)37-29/h4-12,14-15,25,33H,1,13H2,2-3H3. The number of nitrogens with zero attached hydrogens (tertiary/aromatic N) is 2. The molecule has 1 fully saturated rings. The summed E-state index contributed by atoms with van der Waals surface area (Å²) in [6, 6.07) is 15.7. The van der Waals surface area contributed by atoms with Crippen molar-refractivity contribution >= 4 is 44.1 Å². The third kappa shape index (κ3) is 4.40. The molecule has 37 heavy (non-hydrogen) atoms. The van der Waals surface area contributed by atoms with Gasteiger partial charge in [0.05, 0.1) is 21.8 Å². The average Bonchev–Trinajstić information content (AvgIpc) is 3.41. The number of halogens is 1. The van der Waals surface area contributed by atoms with Gasteiger partial charge in [-0.3, -0.25) is 14.5 Å². The molecule has 4 aromatic rings. The number of benzene rings is 3. The first-order valence-corrected chi connectivity index (χ1v) is 12.4. The summed E-state index contributed by atoms with van der Waals surface area (Å²) in [5.74, 6) is -1.73. The average molecular weight is 515 g/mol. The molecule has 1 unspecified atom stereocenters. The summed E-state index contributed by atoms with van der Waals surface area (Å²) >= 11 is 1.10. The fourth-order valence-electron chi connectivity index (χ4n) is 4.37. The van der Waals surface area contributed by atoms with Crippen molar-refractivity contribution in [2.45, 2.75) is 19.9 Å². The Hall–Kier alpha value is -4.30. The quantitative estimate of drug-likeness (QED) is 0.143. The van der Waals surface area contributed by atoms with Crippen molar-refractivity contribution < 1.29 is 23.8 Å². The van der Waals surface area contributed by atoms with Gasteiger partial charge in [0.1, 0.15) is 23.9 Å². The van der Waals surface area contributed by atoms with Gasteiger partial charge < -0.3 is 9.84 Å². The summed E-state index contributed by atoms with van der Waals surface area (Å²) in [5.41, 5.74) is 3.18. The number of fused-ring (bicyclic) bond motifs is 1. The molecule has 0 aliphatic carbocycles. The van der Waals surface area contributed by atoms with Gasteiger partial charge in [-0.2, -0.15) is 0 Å². The number of aryl methyl sites for hydroxylation is 2. The lowest BCUT2D eigenvalue weighted by molar-refractivity contribution is -0.132. The van der Waals surface area contributed by atoms with Gasteiger partial charge >= 0.3 is 5.91 Å². The molecule has 8 heteroatoms. The Kier molecular flexibility index (Phi) is 6.35. The minimum atomic E-state index is -0.946. The highest BCUT2D eigenvalue weighted by atomic mass is 32.1. The van der Waals surface area contributed by atoms with E-state index < -0.39 is 23.5 Å². The lowest BCUT2D eigenvalue weighted by Gasteiger charge is -2.23. The zero-order chi connectivity index (χ0) is 26.3. The summed E-state index contributed by atoms with van der Waals surface area (Å²) in [6.07, 6.45) is 1.63. The smallest absolute Gasteiger partial charge is 0.301 e. The first kappa shape index (κ1) is 24.4. The van der Waals surface area contributed by atoms with Crippen molar-refractivity contribution in [3.05, 3.63) is 107 Å². The minimum Gasteiger partial charge on any atom is -0.507 e. The number of ketones is 1. The molecule has 1 amide bonds. The predicted molar refractivity (Wildman–Crippen MR) is 142 cm³/mol. The number of rotatable bonds is 6. The van der Waals surface area contributed by atoms with Crippen molar-refractivity contribution in [2.75, 3.05) is 11.5 Å². The highest BCUT2D eigenvalue weighted by Crippen LogP contribution is 2.45. The zero-order valence-electron chi connectivity index (χ0n) is 20.2. The second kappa shape index (κ2) is 9.63. The largest absolute Gasteiger partial charge is 0.507 e. The van der Waals surface area contributed by atoms with Crippen molar-refractivity contribution in [1.82, 2.24) is 4.98 Å². The topological polar surface area (TPSA) is 79.7 Å². The van der Waals surface area contributed by atoms with E-state index in [0.717, 1.165) is 22.5 Å². The number of thiazole rings is 1. The number of amides is 1. The summed E-state index contributed by atoms with van der Waals surface area (Å²) in [6.45, 7) is 7.68. The highest BCUT2D eigenvalue weighted by molar-refractivity contribution is 7.22. The van der Waals surface area contributed by atoms with Crippen molar-refractivity contribution in [3.8, 4) is 5.75 Å². The molecule has 3 aromatic carbocycles. The Morgan fingerprint density at radius 2 is 1.89 bits per heavy atom. The molecule has 1 aromatic heterocycles. The second-order valence-corrected chi connectivity index (χ2v) is 9.77. The van der Waals surface area contributed by atoms with Crippen LogP contribution in [0.5, 0.6) is 5.75 Å². The van der Waals surface area contributed by atoms with Gasteiger partial charge in [0.2, 0.25) is 0 Å². The van der Waals surface area contributed by atoms with Crippen LogP contribution in [0.1, 0.15) is 28.3 Å². The fourth-order valence-corrected chi connectivity index (χ4v) is 5.39. The number of aliphatic hydroxyl groups is 1. The van der Waals surface area contributed by atoms with E-state index in [1.807, 2.05) is 26.0 Å². The van der Waals surface area contributed by atoms with Gasteiger partial charge in [-0.25, -0.2) is 9.37 Å². The lowest BCUT2D eigenvalue weighted by Crippen LogP contribution is -2.29. The fraction of sp³-hybridized carbons (Fsp3) is 0.138. The molecule has 0 spiro atoms. The summed E-state index contributed by atoms with van der Waals surface area (Å²) in [4.78, 5) is 32.7. The number of hydrogen-bond donors (Lipinski definition) is 1. The van der Waals surface area contributed by atoms with Crippen LogP contribution in [0.25, 0.3) is 16.0 Å². The third-order valence-electron chi connectivity index (χ3n) is 6.20. The Morgan fingerprint density at radius 3 is 2.62 bits per heavy atom. The minimum absolute atomic E-state index is 0.0381. The van der Waals surface area contributed by atoms with E-state index in [9.17, 15) is 19.1 Å². The van der Waals surface area contributed by atoms with Crippen LogP contribution >= 0.6 is 11.3 Å². The molecule has 0 radical (unpaired) electrons. The molecule has 2 heterocycles. The number of carbonyl (C=O) groups is 2. The number of ether oxygens (including phenoxy) is 1. The van der Waals surface area contributed by atoms with E-state index in [0.29, 0.717) is 33.7 Å². The SMILES string of the molecule is C=CCOc1ccc(C2C(=C(O)c3cc(C)ccc3C)C(=O)C(=O)N2c2nc3ccc(F)cc3s2)cc1. The number of Topliss-reactive ketones (excluding diaryl/α,β-unsaturated/α-hetero) is 1. The first-order chi connectivity index (χ1) is 17.8. The zero-order valence-corrected chi connectivity index (χ0v) is 21.0. The molecule has 1 aliphatic rings. The Morgan fingerprint density at radius 1 is 1.14 bits per heavy atom. The summed E-state index contributed by atoms with van der Waals surface area (Å²) in [7, 11) is 0. The van der Waals surface area contributed by atoms with Crippen molar-refractivity contribution in [2.24, 2.45) is 0 Å². The van der Waals surface area contributed by atoms with Crippen LogP contribution in [0.15, 0.2) is 78.9 Å². The number of aromatic nitrogens is 1. The highest BCUT2D eigenvalue weighted by Gasteiger charge is 2.48. The Balaban J connectivity index is 1.71. The number of anilines is 1. The lowest BCUT2D eigenvalue weighted by atomic mass is 9.93. The van der Waals surface area contributed by atoms with E-state index in [4.69, 9.17) is 4.74 Å². The molecular formula is C29H23FN2O4S. The first-order valence-electron chi connectivity index (χ1n) is 11.6. The maximum atomic E-state index is 13.8. The van der Waals surface area contributed by atoms with E-state index in [-0.39, 0.29) is 16.5 Å². The molecule has 1 saturated heterocycles. The molecule has 1 atom stereocenters. The normalized spacial score (nSPS) is 16.9. The predicted octanol–water partition coefficient (Wildman–Crippen LogP) is 6.24. The molecule has 6 nitrogen and oxygen atoms in total. The van der Waals surface area contributed by atoms with Crippen LogP contribution in [0.2, 0.25) is 0 Å². The van der Waals surface area contributed by atoms with Gasteiger partial charge in [-0.1, -0.05) is 53.8 Å². The van der Waals surface area contributed by atoms with Crippen LogP contribution in [-0.2, 0) is 9.59 Å². The molecule has 0 bridgehead atoms. The number of carbonyl (C=O) groups excluding carboxylic acids is 2. The van der Waals surface area contributed by atoms with Gasteiger partial charge in [-0.05, 0) is 61.4 Å². The van der Waals surface area contributed by atoms with Gasteiger partial charge in [0.15, 0.2) is 5.13 Å². The maximum Gasteiger partial charge on any atom is 0.301 e. The van der Waals surface area contributed by atoms with Crippen molar-refractivity contribution in [3.63, 3.8) is 0 Å². The van der Waals surface area contributed by atoms with E-state index in [1.165, 1.54) is 23.1 Å². The molecule has 1 N–H and O–H groups in total. The van der Waals surface area contributed by atoms with E-state index >= 15 is 0 Å². The van der Waals surface area contributed by atoms with Crippen molar-refractivity contribution in [1.29, 1.82) is 0 Å². The molecule has 0 saturated carbocycles. The van der Waals surface area contributed by atoms with Crippen LogP contribution in [0.3, 0.4) is 0 Å². The van der Waals surface area contributed by atoms with Gasteiger partial charge in [0.25, 0.3) is 5.78 Å². The van der Waals surface area contributed by atoms with Crippen LogP contribution in [-0.4, -0.2) is 28.4 Å².